The maximum Gasteiger partial charge on any atom is 0.301 e. The van der Waals surface area contributed by atoms with E-state index in [2.05, 4.69) is 4.98 Å². The Kier molecular flexibility index (Phi) is 7.91. The quantitative estimate of drug-likeness (QED) is 0.114. The lowest BCUT2D eigenvalue weighted by molar-refractivity contribution is -0.132. The average molecular weight is 609 g/mol. The molecule has 1 amide bonds. The summed E-state index contributed by atoms with van der Waals surface area (Å²) in [6.45, 7) is 0.319. The van der Waals surface area contributed by atoms with E-state index in [4.69, 9.17) is 18.9 Å². The fourth-order valence-electron chi connectivity index (χ4n) is 5.10. The Hall–Kier alpha value is -5.35. The molecule has 1 N–H and O–H groups in total. The van der Waals surface area contributed by atoms with Crippen LogP contribution >= 0.6 is 11.3 Å². The number of benzene rings is 4. The third kappa shape index (κ3) is 5.31. The smallest absolute Gasteiger partial charge is 0.301 e. The number of methoxy groups -OCH3 is 3. The van der Waals surface area contributed by atoms with E-state index < -0.39 is 17.7 Å². The van der Waals surface area contributed by atoms with Crippen molar-refractivity contribution in [3.8, 4) is 23.0 Å². The lowest BCUT2D eigenvalue weighted by Crippen LogP contribution is -2.29. The van der Waals surface area contributed by atoms with Crippen molar-refractivity contribution in [2.75, 3.05) is 26.2 Å². The first-order valence-corrected chi connectivity index (χ1v) is 14.5. The molecule has 1 aliphatic heterocycles. The van der Waals surface area contributed by atoms with Crippen LogP contribution < -0.4 is 23.8 Å². The Morgan fingerprint density at radius 1 is 0.841 bits per heavy atom. The minimum absolute atomic E-state index is 0.0832. The van der Waals surface area contributed by atoms with E-state index in [0.29, 0.717) is 51.4 Å². The number of hydrogen-bond acceptors (Lipinski definition) is 9. The molecule has 44 heavy (non-hydrogen) atoms. The highest BCUT2D eigenvalue weighted by atomic mass is 32.1. The van der Waals surface area contributed by atoms with Gasteiger partial charge in [-0.25, -0.2) is 4.98 Å². The molecule has 6 rings (SSSR count). The Balaban J connectivity index is 1.48. The monoisotopic (exact) mass is 608 g/mol. The molecule has 1 atom stereocenters. The largest absolute Gasteiger partial charge is 0.507 e. The number of Topliss-reactive ketones (excluding diaryl/α,β-unsaturated/α-hetero) is 1. The first-order chi connectivity index (χ1) is 21.4. The van der Waals surface area contributed by atoms with Gasteiger partial charge in [0, 0.05) is 5.56 Å². The first-order valence-electron chi connectivity index (χ1n) is 13.7. The number of carbonyl (C=O) groups excluding carboxylic acids is 2. The van der Waals surface area contributed by atoms with Crippen LogP contribution in [0.1, 0.15) is 22.7 Å². The molecule has 0 aliphatic carbocycles. The van der Waals surface area contributed by atoms with Crippen LogP contribution in [-0.4, -0.2) is 43.1 Å². The van der Waals surface area contributed by atoms with E-state index in [1.54, 1.807) is 61.7 Å². The molecule has 4 aromatic carbocycles. The number of aliphatic hydroxyl groups is 1. The highest BCUT2D eigenvalue weighted by Crippen LogP contribution is 2.46. The Morgan fingerprint density at radius 2 is 1.61 bits per heavy atom. The standard InChI is InChI=1S/C34H28N2O7S/c1-40-23-11-7-10-22(16-23)31(37)29-30(21-12-15-26(27(17-21)42-3)43-19-20-8-5-4-6-9-20)36(33(39)32(29)38)34-35-25-14-13-24(41-2)18-28(25)44-34/h4-18,30,37H,19H2,1-3H3/b31-29+. The van der Waals surface area contributed by atoms with Gasteiger partial charge in [-0.2, -0.15) is 0 Å². The van der Waals surface area contributed by atoms with Gasteiger partial charge in [0.05, 0.1) is 43.2 Å². The molecule has 10 heteroatoms. The van der Waals surface area contributed by atoms with Gasteiger partial charge in [0.25, 0.3) is 5.78 Å². The first kappa shape index (κ1) is 28.8. The molecular formula is C34H28N2O7S. The normalized spacial score (nSPS) is 15.9. The molecular weight excluding hydrogens is 580 g/mol. The number of nitrogens with zero attached hydrogens (tertiary/aromatic N) is 2. The topological polar surface area (TPSA) is 107 Å². The molecule has 0 bridgehead atoms. The summed E-state index contributed by atoms with van der Waals surface area (Å²) in [6, 6.07) is 25.9. The third-order valence-electron chi connectivity index (χ3n) is 7.32. The van der Waals surface area contributed by atoms with Gasteiger partial charge in [-0.05, 0) is 53.6 Å². The highest BCUT2D eigenvalue weighted by molar-refractivity contribution is 7.22. The van der Waals surface area contributed by atoms with E-state index in [1.165, 1.54) is 30.5 Å². The van der Waals surface area contributed by atoms with Crippen molar-refractivity contribution >= 4 is 44.1 Å². The van der Waals surface area contributed by atoms with Crippen molar-refractivity contribution < 1.29 is 33.6 Å². The van der Waals surface area contributed by atoms with Gasteiger partial charge >= 0.3 is 5.91 Å². The molecule has 0 radical (unpaired) electrons. The van der Waals surface area contributed by atoms with Crippen LogP contribution in [0.2, 0.25) is 0 Å². The maximum atomic E-state index is 13.7. The van der Waals surface area contributed by atoms with Crippen LogP contribution in [0.3, 0.4) is 0 Å². The molecule has 222 valence electrons. The summed E-state index contributed by atoms with van der Waals surface area (Å²) in [6.07, 6.45) is 0. The maximum absolute atomic E-state index is 13.7. The zero-order valence-electron chi connectivity index (χ0n) is 24.1. The van der Waals surface area contributed by atoms with E-state index in [9.17, 15) is 14.7 Å². The van der Waals surface area contributed by atoms with E-state index >= 15 is 0 Å². The Bertz CT molecular complexity index is 1900. The molecule has 2 heterocycles. The number of ether oxygens (including phenoxy) is 4. The summed E-state index contributed by atoms with van der Waals surface area (Å²) in [5.41, 5.74) is 2.39. The van der Waals surface area contributed by atoms with Gasteiger partial charge in [-0.15, -0.1) is 0 Å². The number of aliphatic hydroxyl groups excluding tert-OH is 1. The number of anilines is 1. The number of amides is 1. The number of hydrogen-bond donors (Lipinski definition) is 1. The van der Waals surface area contributed by atoms with Crippen LogP contribution in [0.4, 0.5) is 5.13 Å². The lowest BCUT2D eigenvalue weighted by Gasteiger charge is -2.24. The van der Waals surface area contributed by atoms with E-state index in [-0.39, 0.29) is 11.3 Å². The zero-order valence-corrected chi connectivity index (χ0v) is 25.0. The molecule has 1 aliphatic rings. The second-order valence-corrected chi connectivity index (χ2v) is 10.9. The fraction of sp³-hybridized carbons (Fsp3) is 0.147. The van der Waals surface area contributed by atoms with E-state index in [0.717, 1.165) is 10.3 Å². The number of aromatic nitrogens is 1. The van der Waals surface area contributed by atoms with E-state index in [1.807, 2.05) is 36.4 Å². The van der Waals surface area contributed by atoms with Crippen molar-refractivity contribution in [3.05, 3.63) is 113 Å². The van der Waals surface area contributed by atoms with Crippen LogP contribution in [0.25, 0.3) is 16.0 Å². The Morgan fingerprint density at radius 3 is 2.36 bits per heavy atom. The zero-order chi connectivity index (χ0) is 30.8. The van der Waals surface area contributed by atoms with Gasteiger partial charge in [-0.3, -0.25) is 14.5 Å². The van der Waals surface area contributed by atoms with Crippen molar-refractivity contribution in [2.24, 2.45) is 0 Å². The molecule has 9 nitrogen and oxygen atoms in total. The second kappa shape index (κ2) is 12.1. The van der Waals surface area contributed by atoms with Crippen LogP contribution in [0.5, 0.6) is 23.0 Å². The molecule has 0 saturated carbocycles. The van der Waals surface area contributed by atoms with Gasteiger partial charge < -0.3 is 24.1 Å². The SMILES string of the molecule is COc1cccc(/C(O)=C2\C(=O)C(=O)N(c3nc4ccc(OC)cc4s3)C2c2ccc(OCc3ccccc3)c(OC)c2)c1. The summed E-state index contributed by atoms with van der Waals surface area (Å²) in [5.74, 6) is 0.0309. The number of fused-ring (bicyclic) bond motifs is 1. The van der Waals surface area contributed by atoms with Crippen LogP contribution in [0, 0.1) is 0 Å². The summed E-state index contributed by atoms with van der Waals surface area (Å²) >= 11 is 1.24. The number of ketones is 1. The molecule has 1 aromatic heterocycles. The summed E-state index contributed by atoms with van der Waals surface area (Å²) in [4.78, 5) is 33.4. The van der Waals surface area contributed by atoms with Gasteiger partial charge in [0.1, 0.15) is 23.9 Å². The number of carbonyl (C=O) groups is 2. The Labute approximate surface area is 257 Å². The summed E-state index contributed by atoms with van der Waals surface area (Å²) in [7, 11) is 4.59. The molecule has 1 saturated heterocycles. The highest BCUT2D eigenvalue weighted by Gasteiger charge is 2.48. The third-order valence-corrected chi connectivity index (χ3v) is 8.34. The molecule has 5 aromatic rings. The van der Waals surface area contributed by atoms with Crippen molar-refractivity contribution in [2.45, 2.75) is 12.6 Å². The summed E-state index contributed by atoms with van der Waals surface area (Å²) < 4.78 is 23.2. The number of thiazole rings is 1. The summed E-state index contributed by atoms with van der Waals surface area (Å²) in [5, 5.41) is 11.9. The molecule has 0 spiro atoms. The fourth-order valence-corrected chi connectivity index (χ4v) is 6.12. The van der Waals surface area contributed by atoms with Gasteiger partial charge in [-0.1, -0.05) is 59.9 Å². The van der Waals surface area contributed by atoms with Crippen LogP contribution in [0.15, 0.2) is 96.6 Å². The van der Waals surface area contributed by atoms with Gasteiger partial charge in [0.15, 0.2) is 16.6 Å². The van der Waals surface area contributed by atoms with Crippen molar-refractivity contribution in [3.63, 3.8) is 0 Å². The number of rotatable bonds is 9. The van der Waals surface area contributed by atoms with Crippen molar-refractivity contribution in [1.82, 2.24) is 4.98 Å². The minimum Gasteiger partial charge on any atom is -0.507 e. The van der Waals surface area contributed by atoms with Crippen LogP contribution in [-0.2, 0) is 16.2 Å². The minimum atomic E-state index is -1.01. The predicted octanol–water partition coefficient (Wildman–Crippen LogP) is 6.53. The molecule has 1 unspecified atom stereocenters. The average Bonchev–Trinajstić information content (AvgIpc) is 3.60. The second-order valence-electron chi connectivity index (χ2n) is 9.92. The molecule has 1 fully saturated rings. The predicted molar refractivity (Wildman–Crippen MR) is 168 cm³/mol. The van der Waals surface area contributed by atoms with Gasteiger partial charge in [0.2, 0.25) is 0 Å². The van der Waals surface area contributed by atoms with Crippen molar-refractivity contribution in [1.29, 1.82) is 0 Å². The lowest BCUT2D eigenvalue weighted by atomic mass is 9.95.